The van der Waals surface area contributed by atoms with Gasteiger partial charge in [0.15, 0.2) is 10.7 Å². The van der Waals surface area contributed by atoms with E-state index in [0.717, 1.165) is 27.1 Å². The average Bonchev–Trinajstić information content (AvgIpc) is 3.32. The van der Waals surface area contributed by atoms with Gasteiger partial charge in [0.05, 0.1) is 0 Å². The summed E-state index contributed by atoms with van der Waals surface area (Å²) in [6.07, 6.45) is 0. The fourth-order valence-corrected chi connectivity index (χ4v) is 5.07. The second-order valence-electron chi connectivity index (χ2n) is 8.39. The van der Waals surface area contributed by atoms with Gasteiger partial charge in [-0.3, -0.25) is 10.1 Å². The van der Waals surface area contributed by atoms with Gasteiger partial charge in [-0.1, -0.05) is 71.7 Å². The maximum Gasteiger partial charge on any atom is 0.258 e. The molecule has 0 unspecified atom stereocenters. The smallest absolute Gasteiger partial charge is 0.258 e. The van der Waals surface area contributed by atoms with Gasteiger partial charge in [0.1, 0.15) is 5.52 Å². The molecule has 0 aliphatic rings. The summed E-state index contributed by atoms with van der Waals surface area (Å²) < 4.78 is 6.04. The molecule has 37 heavy (non-hydrogen) atoms. The van der Waals surface area contributed by atoms with Crippen LogP contribution in [0.15, 0.2) is 95.4 Å². The Hall–Kier alpha value is -3.97. The van der Waals surface area contributed by atoms with Crippen molar-refractivity contribution >= 4 is 84.8 Å². The highest BCUT2D eigenvalue weighted by molar-refractivity contribution is 7.80. The fourth-order valence-electron chi connectivity index (χ4n) is 4.38. The van der Waals surface area contributed by atoms with Crippen LogP contribution in [0.5, 0.6) is 0 Å². The number of rotatable bonds is 3. The molecule has 6 aromatic rings. The third-order valence-electron chi connectivity index (χ3n) is 6.09. The Morgan fingerprint density at radius 3 is 2.22 bits per heavy atom. The molecule has 0 fully saturated rings. The summed E-state index contributed by atoms with van der Waals surface area (Å²) in [7, 11) is 0. The molecule has 0 bridgehead atoms. The summed E-state index contributed by atoms with van der Waals surface area (Å²) >= 11 is 18.1. The van der Waals surface area contributed by atoms with Gasteiger partial charge in [0, 0.05) is 37.6 Å². The molecule has 5 nitrogen and oxygen atoms in total. The Morgan fingerprint density at radius 1 is 0.784 bits per heavy atom. The number of nitrogens with zero attached hydrogens (tertiary/aromatic N) is 1. The molecule has 6 rings (SSSR count). The van der Waals surface area contributed by atoms with Gasteiger partial charge >= 0.3 is 0 Å². The summed E-state index contributed by atoms with van der Waals surface area (Å²) in [6.45, 7) is 0. The van der Waals surface area contributed by atoms with Gasteiger partial charge in [-0.2, -0.15) is 0 Å². The molecule has 0 radical (unpaired) electrons. The number of carbonyl (C=O) groups is 1. The van der Waals surface area contributed by atoms with E-state index in [-0.39, 0.29) is 11.0 Å². The molecule has 0 aliphatic heterocycles. The zero-order valence-corrected chi connectivity index (χ0v) is 21.4. The predicted octanol–water partition coefficient (Wildman–Crippen LogP) is 8.23. The van der Waals surface area contributed by atoms with Crippen LogP contribution in [0.1, 0.15) is 10.4 Å². The van der Waals surface area contributed by atoms with Gasteiger partial charge in [0.2, 0.25) is 5.89 Å². The topological polar surface area (TPSA) is 67.2 Å². The van der Waals surface area contributed by atoms with E-state index in [0.29, 0.717) is 38.3 Å². The number of fused-ring (bicyclic) bond motifs is 3. The van der Waals surface area contributed by atoms with Crippen molar-refractivity contribution in [2.75, 3.05) is 5.32 Å². The molecular formula is C29H17Cl2N3O2S. The van der Waals surface area contributed by atoms with Crippen LogP contribution in [0.3, 0.4) is 0 Å². The molecule has 1 heterocycles. The van der Waals surface area contributed by atoms with Gasteiger partial charge in [-0.15, -0.1) is 0 Å². The van der Waals surface area contributed by atoms with E-state index < -0.39 is 0 Å². The average molecular weight is 542 g/mol. The van der Waals surface area contributed by atoms with E-state index in [9.17, 15) is 4.79 Å². The first-order valence-corrected chi connectivity index (χ1v) is 12.5. The Kier molecular flexibility index (Phi) is 6.00. The molecule has 0 spiro atoms. The van der Waals surface area contributed by atoms with E-state index in [1.165, 1.54) is 0 Å². The molecule has 5 aromatic carbocycles. The monoisotopic (exact) mass is 541 g/mol. The van der Waals surface area contributed by atoms with Crippen molar-refractivity contribution in [3.05, 3.63) is 107 Å². The van der Waals surface area contributed by atoms with Crippen LogP contribution in [0.25, 0.3) is 44.1 Å². The van der Waals surface area contributed by atoms with E-state index >= 15 is 0 Å². The van der Waals surface area contributed by atoms with Crippen molar-refractivity contribution in [3.8, 4) is 11.5 Å². The van der Waals surface area contributed by atoms with E-state index in [1.807, 2.05) is 72.8 Å². The largest absolute Gasteiger partial charge is 0.436 e. The van der Waals surface area contributed by atoms with Gasteiger partial charge < -0.3 is 9.73 Å². The van der Waals surface area contributed by atoms with Crippen LogP contribution in [0.2, 0.25) is 10.0 Å². The van der Waals surface area contributed by atoms with Crippen molar-refractivity contribution in [1.29, 1.82) is 0 Å². The number of nitrogens with one attached hydrogen (secondary N) is 2. The first kappa shape index (κ1) is 23.4. The lowest BCUT2D eigenvalue weighted by molar-refractivity contribution is 0.0979. The summed E-state index contributed by atoms with van der Waals surface area (Å²) in [5.41, 5.74) is 3.28. The highest BCUT2D eigenvalue weighted by Crippen LogP contribution is 2.34. The van der Waals surface area contributed by atoms with Crippen LogP contribution < -0.4 is 10.6 Å². The van der Waals surface area contributed by atoms with Gasteiger partial charge in [-0.25, -0.2) is 4.98 Å². The second kappa shape index (κ2) is 9.48. The molecular weight excluding hydrogens is 525 g/mol. The minimum Gasteiger partial charge on any atom is -0.436 e. The zero-order valence-electron chi connectivity index (χ0n) is 19.1. The Labute approximate surface area is 227 Å². The number of thiocarbonyl (C=S) groups is 1. The molecule has 0 aliphatic carbocycles. The highest BCUT2D eigenvalue weighted by atomic mass is 35.5. The Balaban J connectivity index is 1.24. The number of carbonyl (C=O) groups excluding carboxylic acids is 1. The van der Waals surface area contributed by atoms with Crippen LogP contribution >= 0.6 is 35.4 Å². The normalized spacial score (nSPS) is 11.2. The predicted molar refractivity (Wildman–Crippen MR) is 155 cm³/mol. The van der Waals surface area contributed by atoms with Crippen molar-refractivity contribution in [3.63, 3.8) is 0 Å². The first-order valence-electron chi connectivity index (χ1n) is 11.4. The summed E-state index contributed by atoms with van der Waals surface area (Å²) in [6, 6.07) is 27.9. The molecule has 0 saturated carbocycles. The standard InChI is InChI=1S/C29H17Cl2N3O2S/c30-23-11-3-5-17-19(23)7-1-9-21(17)27(35)34-29(37)32-16-13-14-26-25(15-16)33-28(36-26)22-10-2-8-20-18(22)6-4-12-24(20)31/h1-15H,(H2,32,34,35,37). The fraction of sp³-hybridized carbons (Fsp3) is 0. The lowest BCUT2D eigenvalue weighted by Crippen LogP contribution is -2.34. The molecule has 1 aromatic heterocycles. The number of hydrogen-bond acceptors (Lipinski definition) is 4. The number of amides is 1. The maximum atomic E-state index is 13.0. The van der Waals surface area contributed by atoms with Gasteiger partial charge in [-0.05, 0) is 65.5 Å². The van der Waals surface area contributed by atoms with Crippen LogP contribution in [-0.2, 0) is 0 Å². The number of anilines is 1. The number of halogens is 2. The summed E-state index contributed by atoms with van der Waals surface area (Å²) in [5.74, 6) is 0.162. The molecule has 8 heteroatoms. The van der Waals surface area contributed by atoms with Crippen molar-refractivity contribution in [2.45, 2.75) is 0 Å². The number of benzene rings is 5. The number of oxazole rings is 1. The van der Waals surface area contributed by atoms with Crippen LogP contribution in [0, 0.1) is 0 Å². The molecule has 180 valence electrons. The molecule has 0 atom stereocenters. The van der Waals surface area contributed by atoms with E-state index in [1.54, 1.807) is 18.2 Å². The lowest BCUT2D eigenvalue weighted by atomic mass is 10.0. The van der Waals surface area contributed by atoms with Crippen LogP contribution in [-0.4, -0.2) is 16.0 Å². The first-order chi connectivity index (χ1) is 18.0. The van der Waals surface area contributed by atoms with Crippen LogP contribution in [0.4, 0.5) is 5.69 Å². The minimum absolute atomic E-state index is 0.163. The van der Waals surface area contributed by atoms with Crippen molar-refractivity contribution in [1.82, 2.24) is 10.3 Å². The van der Waals surface area contributed by atoms with Gasteiger partial charge in [0.25, 0.3) is 5.91 Å². The SMILES string of the molecule is O=C(NC(=S)Nc1ccc2oc(-c3cccc4c(Cl)cccc34)nc2c1)c1cccc2c(Cl)cccc12. The summed E-state index contributed by atoms with van der Waals surface area (Å²) in [4.78, 5) is 17.6. The Bertz CT molecular complexity index is 1870. The zero-order chi connectivity index (χ0) is 25.5. The number of aromatic nitrogens is 1. The minimum atomic E-state index is -0.329. The molecule has 2 N–H and O–H groups in total. The highest BCUT2D eigenvalue weighted by Gasteiger charge is 2.15. The maximum absolute atomic E-state index is 13.0. The third kappa shape index (κ3) is 4.40. The quantitative estimate of drug-likeness (QED) is 0.221. The van der Waals surface area contributed by atoms with Crippen molar-refractivity contribution < 1.29 is 9.21 Å². The van der Waals surface area contributed by atoms with E-state index in [2.05, 4.69) is 15.6 Å². The Morgan fingerprint density at radius 2 is 1.43 bits per heavy atom. The lowest BCUT2D eigenvalue weighted by Gasteiger charge is -2.11. The molecule has 0 saturated heterocycles. The van der Waals surface area contributed by atoms with E-state index in [4.69, 9.17) is 39.8 Å². The van der Waals surface area contributed by atoms with Crippen molar-refractivity contribution in [2.24, 2.45) is 0 Å². The summed E-state index contributed by atoms with van der Waals surface area (Å²) in [5, 5.41) is 10.7. The number of hydrogen-bond donors (Lipinski definition) is 2. The third-order valence-corrected chi connectivity index (χ3v) is 6.95. The molecule has 1 amide bonds. The second-order valence-corrected chi connectivity index (χ2v) is 9.61.